The number of halogens is 2. The van der Waals surface area contributed by atoms with E-state index >= 15 is 0 Å². The van der Waals surface area contributed by atoms with Gasteiger partial charge >= 0.3 is 0 Å². The van der Waals surface area contributed by atoms with Crippen LogP contribution >= 0.6 is 11.6 Å². The predicted octanol–water partition coefficient (Wildman–Crippen LogP) is 4.88. The quantitative estimate of drug-likeness (QED) is 0.696. The van der Waals surface area contributed by atoms with E-state index in [2.05, 4.69) is 18.8 Å². The van der Waals surface area contributed by atoms with E-state index in [4.69, 9.17) is 11.6 Å². The lowest BCUT2D eigenvalue weighted by molar-refractivity contribution is 0.497. The first-order valence-corrected chi connectivity index (χ1v) is 6.75. The molecule has 0 aliphatic heterocycles. The highest BCUT2D eigenvalue weighted by molar-refractivity contribution is 6.30. The monoisotopic (exact) mass is 269 g/mol. The molecule has 1 unspecified atom stereocenters. The topological polar surface area (TPSA) is 12.0 Å². The maximum Gasteiger partial charge on any atom is 0.141 e. The molecule has 0 aliphatic carbocycles. The van der Waals surface area contributed by atoms with Gasteiger partial charge in [-0.1, -0.05) is 30.2 Å². The molecule has 1 aromatic rings. The first-order valence-electron chi connectivity index (χ1n) is 6.37. The number of benzene rings is 1. The number of rotatable bonds is 7. The van der Waals surface area contributed by atoms with E-state index in [1.165, 1.54) is 6.07 Å². The maximum atomic E-state index is 13.2. The van der Waals surface area contributed by atoms with Gasteiger partial charge in [0.2, 0.25) is 0 Å². The van der Waals surface area contributed by atoms with E-state index in [0.29, 0.717) is 0 Å². The van der Waals surface area contributed by atoms with Crippen molar-refractivity contribution in [2.45, 2.75) is 39.2 Å². The Morgan fingerprint density at radius 3 is 2.78 bits per heavy atom. The molecule has 0 amide bonds. The number of nitrogens with one attached hydrogen (secondary N) is 1. The van der Waals surface area contributed by atoms with Crippen molar-refractivity contribution in [1.82, 2.24) is 5.32 Å². The smallest absolute Gasteiger partial charge is 0.141 e. The van der Waals surface area contributed by atoms with Crippen molar-refractivity contribution >= 4 is 11.6 Å². The fraction of sp³-hybridized carbons (Fsp3) is 0.467. The minimum absolute atomic E-state index is 0.186. The molecule has 0 aromatic heterocycles. The van der Waals surface area contributed by atoms with Gasteiger partial charge in [-0.3, -0.25) is 0 Å². The Labute approximate surface area is 114 Å². The van der Waals surface area contributed by atoms with Crippen molar-refractivity contribution in [3.8, 4) is 0 Å². The molecule has 18 heavy (non-hydrogen) atoms. The van der Waals surface area contributed by atoms with Crippen molar-refractivity contribution < 1.29 is 4.39 Å². The molecule has 0 spiro atoms. The molecule has 0 heterocycles. The van der Waals surface area contributed by atoms with Gasteiger partial charge in [-0.15, -0.1) is 6.58 Å². The van der Waals surface area contributed by atoms with E-state index in [0.717, 1.165) is 36.9 Å². The summed E-state index contributed by atoms with van der Waals surface area (Å²) in [6.07, 6.45) is 2.98. The summed E-state index contributed by atoms with van der Waals surface area (Å²) in [5.74, 6) is -0.366. The first-order chi connectivity index (χ1) is 8.54. The normalized spacial score (nSPS) is 12.4. The number of hydrogen-bond donors (Lipinski definition) is 1. The maximum absolute atomic E-state index is 13.2. The van der Waals surface area contributed by atoms with Gasteiger partial charge in [0.05, 0.1) is 5.02 Å². The standard InChI is InChI=1S/C15H21ClFN/c1-4-9-18-15(8-5-11(2)3)12-6-7-14(17)13(16)10-12/h6-7,10,15,18H,2,4-5,8-9H2,1,3H3. The van der Waals surface area contributed by atoms with Gasteiger partial charge < -0.3 is 5.32 Å². The summed E-state index contributed by atoms with van der Waals surface area (Å²) in [6.45, 7) is 9.01. The SMILES string of the molecule is C=C(C)CCC(NCCC)c1ccc(F)c(Cl)c1. The van der Waals surface area contributed by atoms with E-state index < -0.39 is 0 Å². The molecule has 0 fully saturated rings. The lowest BCUT2D eigenvalue weighted by Crippen LogP contribution is -2.22. The van der Waals surface area contributed by atoms with Crippen molar-refractivity contribution in [3.05, 3.63) is 46.8 Å². The predicted molar refractivity (Wildman–Crippen MR) is 76.5 cm³/mol. The average molecular weight is 270 g/mol. The Morgan fingerprint density at radius 2 is 2.22 bits per heavy atom. The zero-order chi connectivity index (χ0) is 13.5. The summed E-state index contributed by atoms with van der Waals surface area (Å²) in [7, 11) is 0. The van der Waals surface area contributed by atoms with Crippen LogP contribution in [0.5, 0.6) is 0 Å². The second kappa shape index (κ2) is 7.55. The molecule has 1 N–H and O–H groups in total. The van der Waals surface area contributed by atoms with Gasteiger partial charge in [-0.05, 0) is 50.4 Å². The van der Waals surface area contributed by atoms with E-state index in [9.17, 15) is 4.39 Å². The molecule has 0 saturated carbocycles. The van der Waals surface area contributed by atoms with Crippen LogP contribution in [-0.2, 0) is 0 Å². The Bertz CT molecular complexity index is 403. The highest BCUT2D eigenvalue weighted by Crippen LogP contribution is 2.25. The van der Waals surface area contributed by atoms with Crippen LogP contribution in [0.15, 0.2) is 30.4 Å². The fourth-order valence-corrected chi connectivity index (χ4v) is 2.01. The molecule has 0 aliphatic rings. The van der Waals surface area contributed by atoms with Crippen LogP contribution in [0.2, 0.25) is 5.02 Å². The summed E-state index contributed by atoms with van der Waals surface area (Å²) in [4.78, 5) is 0. The molecule has 1 rings (SSSR count). The number of allylic oxidation sites excluding steroid dienone is 1. The summed E-state index contributed by atoms with van der Waals surface area (Å²) in [5.41, 5.74) is 2.20. The Hall–Kier alpha value is -0.860. The minimum atomic E-state index is -0.366. The molecule has 0 saturated heterocycles. The molecular weight excluding hydrogens is 249 g/mol. The molecule has 100 valence electrons. The second-order valence-electron chi connectivity index (χ2n) is 4.68. The average Bonchev–Trinajstić information content (AvgIpc) is 2.33. The minimum Gasteiger partial charge on any atom is -0.310 e. The van der Waals surface area contributed by atoms with Crippen molar-refractivity contribution in [2.24, 2.45) is 0 Å². The third-order valence-corrected chi connectivity index (χ3v) is 3.14. The van der Waals surface area contributed by atoms with E-state index in [1.54, 1.807) is 12.1 Å². The highest BCUT2D eigenvalue weighted by Gasteiger charge is 2.12. The molecule has 1 nitrogen and oxygen atoms in total. The van der Waals surface area contributed by atoms with Crippen LogP contribution in [0.25, 0.3) is 0 Å². The van der Waals surface area contributed by atoms with E-state index in [-0.39, 0.29) is 16.9 Å². The van der Waals surface area contributed by atoms with Crippen molar-refractivity contribution in [1.29, 1.82) is 0 Å². The Balaban J connectivity index is 2.79. The van der Waals surface area contributed by atoms with Crippen LogP contribution < -0.4 is 5.32 Å². The zero-order valence-electron chi connectivity index (χ0n) is 11.1. The third-order valence-electron chi connectivity index (χ3n) is 2.85. The summed E-state index contributed by atoms with van der Waals surface area (Å²) >= 11 is 5.83. The largest absolute Gasteiger partial charge is 0.310 e. The van der Waals surface area contributed by atoms with Gasteiger partial charge in [0.15, 0.2) is 0 Å². The molecular formula is C15H21ClFN. The Kier molecular flexibility index (Phi) is 6.37. The highest BCUT2D eigenvalue weighted by atomic mass is 35.5. The first kappa shape index (κ1) is 15.2. The van der Waals surface area contributed by atoms with Gasteiger partial charge in [0.25, 0.3) is 0 Å². The fourth-order valence-electron chi connectivity index (χ4n) is 1.83. The van der Waals surface area contributed by atoms with Gasteiger partial charge in [0, 0.05) is 6.04 Å². The lowest BCUT2D eigenvalue weighted by atomic mass is 9.99. The van der Waals surface area contributed by atoms with Gasteiger partial charge in [-0.2, -0.15) is 0 Å². The number of hydrogen-bond acceptors (Lipinski definition) is 1. The van der Waals surface area contributed by atoms with Crippen LogP contribution in [0.1, 0.15) is 44.7 Å². The molecule has 0 radical (unpaired) electrons. The van der Waals surface area contributed by atoms with Crippen LogP contribution in [0, 0.1) is 5.82 Å². The summed E-state index contributed by atoms with van der Waals surface area (Å²) in [6, 6.07) is 5.15. The van der Waals surface area contributed by atoms with E-state index in [1.807, 2.05) is 6.92 Å². The molecule has 3 heteroatoms. The zero-order valence-corrected chi connectivity index (χ0v) is 11.9. The Morgan fingerprint density at radius 1 is 1.50 bits per heavy atom. The second-order valence-corrected chi connectivity index (χ2v) is 5.08. The van der Waals surface area contributed by atoms with Gasteiger partial charge in [0.1, 0.15) is 5.82 Å². The molecule has 1 aromatic carbocycles. The van der Waals surface area contributed by atoms with Crippen LogP contribution in [-0.4, -0.2) is 6.54 Å². The van der Waals surface area contributed by atoms with Crippen LogP contribution in [0.3, 0.4) is 0 Å². The van der Waals surface area contributed by atoms with Crippen molar-refractivity contribution in [2.75, 3.05) is 6.54 Å². The summed E-state index contributed by atoms with van der Waals surface area (Å²) < 4.78 is 13.2. The summed E-state index contributed by atoms with van der Waals surface area (Å²) in [5, 5.41) is 3.65. The van der Waals surface area contributed by atoms with Crippen molar-refractivity contribution in [3.63, 3.8) is 0 Å². The molecule has 0 bridgehead atoms. The van der Waals surface area contributed by atoms with Gasteiger partial charge in [-0.25, -0.2) is 4.39 Å². The van der Waals surface area contributed by atoms with Crippen LogP contribution in [0.4, 0.5) is 4.39 Å². The third kappa shape index (κ3) is 4.79. The molecule has 1 atom stereocenters. The lowest BCUT2D eigenvalue weighted by Gasteiger charge is -2.19.